The minimum absolute atomic E-state index is 0.0818. The lowest BCUT2D eigenvalue weighted by atomic mass is 10.1. The Bertz CT molecular complexity index is 226. The molecule has 0 spiro atoms. The van der Waals surface area contributed by atoms with Gasteiger partial charge in [0.25, 0.3) is 0 Å². The minimum Gasteiger partial charge on any atom is -0.391 e. The molecule has 2 atom stereocenters. The highest BCUT2D eigenvalue weighted by Crippen LogP contribution is 2.18. The van der Waals surface area contributed by atoms with E-state index in [1.54, 1.807) is 4.90 Å². The maximum absolute atomic E-state index is 11.4. The number of carbonyl (C=O) groups is 1. The van der Waals surface area contributed by atoms with Crippen LogP contribution in [0.5, 0.6) is 0 Å². The van der Waals surface area contributed by atoms with Crippen molar-refractivity contribution in [3.63, 3.8) is 0 Å². The van der Waals surface area contributed by atoms with Crippen molar-refractivity contribution in [3.8, 4) is 0 Å². The quantitative estimate of drug-likeness (QED) is 0.744. The summed E-state index contributed by atoms with van der Waals surface area (Å²) in [7, 11) is 0. The minimum atomic E-state index is -0.454. The molecule has 2 rings (SSSR count). The van der Waals surface area contributed by atoms with E-state index in [-0.39, 0.29) is 5.91 Å². The number of carbonyl (C=O) groups excluding carboxylic acids is 1. The third-order valence-corrected chi connectivity index (χ3v) is 3.19. The van der Waals surface area contributed by atoms with E-state index < -0.39 is 6.10 Å². The normalized spacial score (nSPS) is 32.3. The fourth-order valence-electron chi connectivity index (χ4n) is 2.30. The lowest BCUT2D eigenvalue weighted by Gasteiger charge is -2.25. The number of β-amino-alcohol motifs (C(OH)–C–C–N with tert-alkyl or cyclic N) is 1. The Morgan fingerprint density at radius 2 is 2.33 bits per heavy atom. The number of amides is 1. The first-order valence-corrected chi connectivity index (χ1v) is 5.83. The average molecular weight is 213 g/mol. The van der Waals surface area contributed by atoms with Crippen molar-refractivity contribution < 1.29 is 14.6 Å². The summed E-state index contributed by atoms with van der Waals surface area (Å²) in [6.07, 6.45) is 4.60. The zero-order chi connectivity index (χ0) is 10.7. The van der Waals surface area contributed by atoms with Crippen LogP contribution in [0.15, 0.2) is 0 Å². The lowest BCUT2D eigenvalue weighted by molar-refractivity contribution is -0.128. The number of likely N-dealkylation sites (tertiary alicyclic amines) is 1. The molecule has 1 N–H and O–H groups in total. The topological polar surface area (TPSA) is 49.8 Å². The van der Waals surface area contributed by atoms with Crippen molar-refractivity contribution in [2.45, 2.75) is 44.3 Å². The summed E-state index contributed by atoms with van der Waals surface area (Å²) in [5.74, 6) is 0.0818. The Morgan fingerprint density at radius 1 is 1.47 bits per heavy atom. The van der Waals surface area contributed by atoms with Crippen molar-refractivity contribution in [2.75, 3.05) is 19.7 Å². The van der Waals surface area contributed by atoms with Gasteiger partial charge in [-0.05, 0) is 25.7 Å². The summed E-state index contributed by atoms with van der Waals surface area (Å²) in [6.45, 7) is 2.10. The second-order valence-corrected chi connectivity index (χ2v) is 4.47. The first kappa shape index (κ1) is 10.9. The summed E-state index contributed by atoms with van der Waals surface area (Å²) in [6, 6.07) is 0. The molecule has 2 heterocycles. The second kappa shape index (κ2) is 4.94. The molecule has 2 unspecified atom stereocenters. The van der Waals surface area contributed by atoms with E-state index in [2.05, 4.69) is 0 Å². The molecular formula is C11H19NO3. The van der Waals surface area contributed by atoms with Crippen LogP contribution in [-0.2, 0) is 9.53 Å². The molecule has 2 aliphatic heterocycles. The van der Waals surface area contributed by atoms with Gasteiger partial charge in [-0.3, -0.25) is 4.79 Å². The molecule has 0 aromatic carbocycles. The molecule has 86 valence electrons. The number of ether oxygens (including phenoxy) is 1. The Morgan fingerprint density at radius 3 is 2.93 bits per heavy atom. The van der Waals surface area contributed by atoms with E-state index in [1.165, 1.54) is 6.42 Å². The van der Waals surface area contributed by atoms with E-state index >= 15 is 0 Å². The molecule has 2 saturated heterocycles. The lowest BCUT2D eigenvalue weighted by Crippen LogP contribution is -2.31. The molecule has 2 fully saturated rings. The van der Waals surface area contributed by atoms with Crippen LogP contribution in [0.2, 0.25) is 0 Å². The summed E-state index contributed by atoms with van der Waals surface area (Å²) < 4.78 is 5.60. The third-order valence-electron chi connectivity index (χ3n) is 3.19. The maximum Gasteiger partial charge on any atom is 0.225 e. The highest BCUT2D eigenvalue weighted by Gasteiger charge is 2.28. The predicted molar refractivity (Wildman–Crippen MR) is 55.4 cm³/mol. The summed E-state index contributed by atoms with van der Waals surface area (Å²) in [4.78, 5) is 13.1. The van der Waals surface area contributed by atoms with E-state index in [4.69, 9.17) is 4.74 Å². The average Bonchev–Trinajstić information content (AvgIpc) is 2.56. The van der Waals surface area contributed by atoms with Crippen molar-refractivity contribution in [1.82, 2.24) is 4.90 Å². The van der Waals surface area contributed by atoms with E-state index in [1.807, 2.05) is 0 Å². The SMILES string of the molecule is O=C1CC(O)CN1CCC1CCCCO1. The van der Waals surface area contributed by atoms with Gasteiger partial charge in [-0.2, -0.15) is 0 Å². The molecule has 4 heteroatoms. The highest BCUT2D eigenvalue weighted by molar-refractivity contribution is 5.78. The van der Waals surface area contributed by atoms with Gasteiger partial charge in [-0.15, -0.1) is 0 Å². The number of rotatable bonds is 3. The number of aliphatic hydroxyl groups excluding tert-OH is 1. The van der Waals surface area contributed by atoms with Gasteiger partial charge in [0.1, 0.15) is 0 Å². The van der Waals surface area contributed by atoms with E-state index in [9.17, 15) is 9.90 Å². The fourth-order valence-corrected chi connectivity index (χ4v) is 2.30. The van der Waals surface area contributed by atoms with Crippen LogP contribution >= 0.6 is 0 Å². The van der Waals surface area contributed by atoms with Crippen LogP contribution in [0.4, 0.5) is 0 Å². The van der Waals surface area contributed by atoms with Crippen molar-refractivity contribution in [3.05, 3.63) is 0 Å². The fraction of sp³-hybridized carbons (Fsp3) is 0.909. The first-order valence-electron chi connectivity index (χ1n) is 5.83. The Hall–Kier alpha value is -0.610. The van der Waals surface area contributed by atoms with Crippen LogP contribution in [0.1, 0.15) is 32.1 Å². The molecule has 0 radical (unpaired) electrons. The van der Waals surface area contributed by atoms with Gasteiger partial charge in [0, 0.05) is 19.7 Å². The van der Waals surface area contributed by atoms with Gasteiger partial charge in [0.15, 0.2) is 0 Å². The van der Waals surface area contributed by atoms with Crippen LogP contribution in [0.25, 0.3) is 0 Å². The van der Waals surface area contributed by atoms with Gasteiger partial charge < -0.3 is 14.7 Å². The zero-order valence-corrected chi connectivity index (χ0v) is 9.02. The maximum atomic E-state index is 11.4. The number of hydrogen-bond donors (Lipinski definition) is 1. The Labute approximate surface area is 90.2 Å². The standard InChI is InChI=1S/C11H19NO3/c13-9-7-11(14)12(8-9)5-4-10-3-1-2-6-15-10/h9-10,13H,1-8H2. The van der Waals surface area contributed by atoms with Gasteiger partial charge in [-0.1, -0.05) is 0 Å². The summed E-state index contributed by atoms with van der Waals surface area (Å²) >= 11 is 0. The van der Waals surface area contributed by atoms with Gasteiger partial charge in [-0.25, -0.2) is 0 Å². The third kappa shape index (κ3) is 2.92. The molecule has 15 heavy (non-hydrogen) atoms. The smallest absolute Gasteiger partial charge is 0.225 e. The Kier molecular flexibility index (Phi) is 3.59. The Balaban J connectivity index is 1.70. The number of nitrogens with zero attached hydrogens (tertiary/aromatic N) is 1. The molecule has 1 amide bonds. The van der Waals surface area contributed by atoms with E-state index in [0.717, 1.165) is 32.4 Å². The van der Waals surface area contributed by atoms with Crippen LogP contribution in [0.3, 0.4) is 0 Å². The molecule has 2 aliphatic rings. The van der Waals surface area contributed by atoms with Crippen molar-refractivity contribution in [1.29, 1.82) is 0 Å². The molecule has 0 aliphatic carbocycles. The van der Waals surface area contributed by atoms with E-state index in [0.29, 0.717) is 19.1 Å². The summed E-state index contributed by atoms with van der Waals surface area (Å²) in [5.41, 5.74) is 0. The molecule has 0 aromatic heterocycles. The first-order chi connectivity index (χ1) is 7.25. The van der Waals surface area contributed by atoms with Crippen molar-refractivity contribution in [2.24, 2.45) is 0 Å². The monoisotopic (exact) mass is 213 g/mol. The van der Waals surface area contributed by atoms with Gasteiger partial charge >= 0.3 is 0 Å². The van der Waals surface area contributed by atoms with Crippen LogP contribution < -0.4 is 0 Å². The van der Waals surface area contributed by atoms with Gasteiger partial charge in [0.05, 0.1) is 18.6 Å². The molecular weight excluding hydrogens is 194 g/mol. The molecule has 0 aromatic rings. The second-order valence-electron chi connectivity index (χ2n) is 4.47. The number of hydrogen-bond acceptors (Lipinski definition) is 3. The number of aliphatic hydroxyl groups is 1. The van der Waals surface area contributed by atoms with Crippen LogP contribution in [-0.4, -0.2) is 47.8 Å². The van der Waals surface area contributed by atoms with Gasteiger partial charge in [0.2, 0.25) is 5.91 Å². The summed E-state index contributed by atoms with van der Waals surface area (Å²) in [5, 5.41) is 9.31. The molecule has 0 saturated carbocycles. The van der Waals surface area contributed by atoms with Crippen LogP contribution in [0, 0.1) is 0 Å². The molecule has 4 nitrogen and oxygen atoms in total. The molecule has 0 bridgehead atoms. The zero-order valence-electron chi connectivity index (χ0n) is 9.02. The largest absolute Gasteiger partial charge is 0.391 e. The van der Waals surface area contributed by atoms with Crippen molar-refractivity contribution >= 4 is 5.91 Å². The highest BCUT2D eigenvalue weighted by atomic mass is 16.5. The predicted octanol–water partition coefficient (Wildman–Crippen LogP) is 0.539.